The molecule has 0 radical (unpaired) electrons. The lowest BCUT2D eigenvalue weighted by Crippen LogP contribution is -2.30. The summed E-state index contributed by atoms with van der Waals surface area (Å²) >= 11 is 1.78. The average Bonchev–Trinajstić information content (AvgIpc) is 2.28. The lowest BCUT2D eigenvalue weighted by Gasteiger charge is -2.15. The summed E-state index contributed by atoms with van der Waals surface area (Å²) in [7, 11) is 0. The third-order valence-electron chi connectivity index (χ3n) is 2.44. The Labute approximate surface area is 99.6 Å². The van der Waals surface area contributed by atoms with E-state index in [9.17, 15) is 8.78 Å². The molecule has 0 saturated carbocycles. The fourth-order valence-corrected chi connectivity index (χ4v) is 2.19. The lowest BCUT2D eigenvalue weighted by atomic mass is 10.2. The van der Waals surface area contributed by atoms with Crippen molar-refractivity contribution in [2.45, 2.75) is 25.9 Å². The maximum Gasteiger partial charge on any atom is 0.159 e. The van der Waals surface area contributed by atoms with Crippen molar-refractivity contribution < 1.29 is 8.78 Å². The van der Waals surface area contributed by atoms with Crippen molar-refractivity contribution in [2.24, 2.45) is 0 Å². The second-order valence-electron chi connectivity index (χ2n) is 3.69. The summed E-state index contributed by atoms with van der Waals surface area (Å²) in [5.74, 6) is -0.544. The van der Waals surface area contributed by atoms with Gasteiger partial charge in [0.05, 0.1) is 0 Å². The maximum absolute atomic E-state index is 12.9. The van der Waals surface area contributed by atoms with Crippen LogP contribution >= 0.6 is 11.8 Å². The molecule has 1 aromatic carbocycles. The number of nitrogens with one attached hydrogen (secondary N) is 1. The molecule has 0 aromatic heterocycles. The molecule has 0 spiro atoms. The first-order chi connectivity index (χ1) is 7.67. The van der Waals surface area contributed by atoms with Crippen LogP contribution in [0.3, 0.4) is 0 Å². The van der Waals surface area contributed by atoms with Gasteiger partial charge in [-0.2, -0.15) is 11.8 Å². The predicted octanol–water partition coefficient (Wildman–Crippen LogP) is 3.20. The van der Waals surface area contributed by atoms with Gasteiger partial charge in [0.1, 0.15) is 0 Å². The van der Waals surface area contributed by atoms with Crippen LogP contribution in [0.5, 0.6) is 0 Å². The van der Waals surface area contributed by atoms with E-state index in [0.717, 1.165) is 17.7 Å². The van der Waals surface area contributed by atoms with Crippen LogP contribution in [0.4, 0.5) is 8.78 Å². The summed E-state index contributed by atoms with van der Waals surface area (Å²) < 4.78 is 25.6. The minimum Gasteiger partial charge on any atom is -0.309 e. The largest absolute Gasteiger partial charge is 0.309 e. The van der Waals surface area contributed by atoms with Gasteiger partial charge in [0.2, 0.25) is 0 Å². The Bertz CT molecular complexity index is 331. The number of hydrogen-bond acceptors (Lipinski definition) is 2. The van der Waals surface area contributed by atoms with Crippen molar-refractivity contribution in [1.82, 2.24) is 5.32 Å². The summed E-state index contributed by atoms with van der Waals surface area (Å²) in [6.45, 7) is 2.69. The third kappa shape index (κ3) is 4.10. The van der Waals surface area contributed by atoms with Gasteiger partial charge in [-0.25, -0.2) is 8.78 Å². The van der Waals surface area contributed by atoms with Crippen LogP contribution in [0.25, 0.3) is 0 Å². The summed E-state index contributed by atoms with van der Waals surface area (Å²) in [4.78, 5) is 0. The van der Waals surface area contributed by atoms with Gasteiger partial charge in [-0.1, -0.05) is 13.0 Å². The van der Waals surface area contributed by atoms with Crippen molar-refractivity contribution in [2.75, 3.05) is 12.0 Å². The zero-order chi connectivity index (χ0) is 12.0. The van der Waals surface area contributed by atoms with Crippen LogP contribution in [-0.2, 0) is 6.54 Å². The van der Waals surface area contributed by atoms with Crippen LogP contribution in [0.15, 0.2) is 18.2 Å². The quantitative estimate of drug-likeness (QED) is 0.826. The number of benzene rings is 1. The van der Waals surface area contributed by atoms with E-state index in [1.54, 1.807) is 17.8 Å². The second-order valence-corrected chi connectivity index (χ2v) is 4.60. The van der Waals surface area contributed by atoms with Gasteiger partial charge in [0, 0.05) is 18.3 Å². The summed E-state index contributed by atoms with van der Waals surface area (Å²) in [5.41, 5.74) is 0.776. The Morgan fingerprint density at radius 1 is 1.31 bits per heavy atom. The minimum absolute atomic E-state index is 0.420. The standard InChI is InChI=1S/C12H17F2NS/c1-3-10(8-16-2)15-7-9-4-5-11(13)12(14)6-9/h4-6,10,15H,3,7-8H2,1-2H3. The minimum atomic E-state index is -0.792. The Morgan fingerprint density at radius 3 is 2.62 bits per heavy atom. The molecular formula is C12H17F2NS. The fraction of sp³-hybridized carbons (Fsp3) is 0.500. The third-order valence-corrected chi connectivity index (χ3v) is 3.18. The van der Waals surface area contributed by atoms with Gasteiger partial charge in [-0.05, 0) is 30.4 Å². The van der Waals surface area contributed by atoms with Crippen LogP contribution in [0.2, 0.25) is 0 Å². The van der Waals surface area contributed by atoms with Crippen LogP contribution in [-0.4, -0.2) is 18.1 Å². The van der Waals surface area contributed by atoms with Gasteiger partial charge in [0.25, 0.3) is 0 Å². The molecule has 4 heteroatoms. The molecule has 0 fully saturated rings. The first-order valence-corrected chi connectivity index (χ1v) is 6.73. The molecule has 0 aliphatic carbocycles. The summed E-state index contributed by atoms with van der Waals surface area (Å²) in [5, 5.41) is 3.32. The molecule has 16 heavy (non-hydrogen) atoms. The SMILES string of the molecule is CCC(CSC)NCc1ccc(F)c(F)c1. The number of hydrogen-bond donors (Lipinski definition) is 1. The molecule has 1 atom stereocenters. The Kier molecular flexibility index (Phi) is 5.77. The van der Waals surface area contributed by atoms with E-state index in [4.69, 9.17) is 0 Å². The van der Waals surface area contributed by atoms with E-state index in [1.165, 1.54) is 12.1 Å². The smallest absolute Gasteiger partial charge is 0.159 e. The molecule has 1 unspecified atom stereocenters. The summed E-state index contributed by atoms with van der Waals surface area (Å²) in [6, 6.07) is 4.44. The van der Waals surface area contributed by atoms with Crippen LogP contribution < -0.4 is 5.32 Å². The van der Waals surface area contributed by atoms with Crippen LogP contribution in [0.1, 0.15) is 18.9 Å². The molecule has 0 amide bonds. The summed E-state index contributed by atoms with van der Waals surface area (Å²) in [6.07, 6.45) is 3.09. The monoisotopic (exact) mass is 245 g/mol. The molecule has 0 aliphatic rings. The first kappa shape index (κ1) is 13.5. The second kappa shape index (κ2) is 6.86. The molecule has 1 N–H and O–H groups in total. The molecule has 1 rings (SSSR count). The molecular weight excluding hydrogens is 228 g/mol. The Hall–Kier alpha value is -0.610. The van der Waals surface area contributed by atoms with Gasteiger partial charge < -0.3 is 5.32 Å². The van der Waals surface area contributed by atoms with Gasteiger partial charge in [-0.3, -0.25) is 0 Å². The van der Waals surface area contributed by atoms with E-state index >= 15 is 0 Å². The lowest BCUT2D eigenvalue weighted by molar-refractivity contribution is 0.502. The van der Waals surface area contributed by atoms with E-state index in [2.05, 4.69) is 18.5 Å². The predicted molar refractivity (Wildman–Crippen MR) is 65.7 cm³/mol. The molecule has 0 saturated heterocycles. The average molecular weight is 245 g/mol. The van der Waals surface area contributed by atoms with E-state index in [-0.39, 0.29) is 0 Å². The van der Waals surface area contributed by atoms with Crippen molar-refractivity contribution in [3.63, 3.8) is 0 Å². The van der Waals surface area contributed by atoms with E-state index in [1.807, 2.05) is 0 Å². The normalized spacial score (nSPS) is 12.8. The van der Waals surface area contributed by atoms with Crippen molar-refractivity contribution in [3.8, 4) is 0 Å². The highest BCUT2D eigenvalue weighted by Crippen LogP contribution is 2.09. The van der Waals surface area contributed by atoms with Crippen LogP contribution in [0, 0.1) is 11.6 Å². The number of halogens is 2. The highest BCUT2D eigenvalue weighted by atomic mass is 32.2. The Balaban J connectivity index is 2.50. The number of rotatable bonds is 6. The first-order valence-electron chi connectivity index (χ1n) is 5.33. The fourth-order valence-electron chi connectivity index (χ4n) is 1.43. The van der Waals surface area contributed by atoms with E-state index < -0.39 is 11.6 Å². The van der Waals surface area contributed by atoms with Crippen molar-refractivity contribution in [3.05, 3.63) is 35.4 Å². The Morgan fingerprint density at radius 2 is 2.06 bits per heavy atom. The molecule has 90 valence electrons. The van der Waals surface area contributed by atoms with Gasteiger partial charge >= 0.3 is 0 Å². The highest BCUT2D eigenvalue weighted by Gasteiger charge is 2.06. The highest BCUT2D eigenvalue weighted by molar-refractivity contribution is 7.98. The molecule has 1 nitrogen and oxygen atoms in total. The van der Waals surface area contributed by atoms with Gasteiger partial charge in [-0.15, -0.1) is 0 Å². The zero-order valence-corrected chi connectivity index (χ0v) is 10.4. The van der Waals surface area contributed by atoms with E-state index in [0.29, 0.717) is 12.6 Å². The van der Waals surface area contributed by atoms with Gasteiger partial charge in [0.15, 0.2) is 11.6 Å². The molecule has 0 heterocycles. The topological polar surface area (TPSA) is 12.0 Å². The zero-order valence-electron chi connectivity index (χ0n) is 9.59. The molecule has 0 bridgehead atoms. The maximum atomic E-state index is 12.9. The van der Waals surface area contributed by atoms with Crippen molar-refractivity contribution in [1.29, 1.82) is 0 Å². The molecule has 0 aliphatic heterocycles. The molecule has 1 aromatic rings. The number of thioether (sulfide) groups is 1. The van der Waals surface area contributed by atoms with Crippen molar-refractivity contribution >= 4 is 11.8 Å².